The third-order valence-corrected chi connectivity index (χ3v) is 5.43. The van der Waals surface area contributed by atoms with E-state index in [1.54, 1.807) is 43.3 Å². The average Bonchev–Trinajstić information content (AvgIpc) is 2.54. The van der Waals surface area contributed by atoms with Gasteiger partial charge in [0.25, 0.3) is 5.91 Å². The van der Waals surface area contributed by atoms with Gasteiger partial charge in [0, 0.05) is 11.6 Å². The molecule has 124 valence electrons. The molecular formula is C18H18N2O3S. The summed E-state index contributed by atoms with van der Waals surface area (Å²) >= 11 is 0. The fourth-order valence-electron chi connectivity index (χ4n) is 2.22. The summed E-state index contributed by atoms with van der Waals surface area (Å²) in [4.78, 5) is 12.4. The second-order valence-electron chi connectivity index (χ2n) is 5.66. The Morgan fingerprint density at radius 3 is 2.25 bits per heavy atom. The number of benzene rings is 2. The quantitative estimate of drug-likeness (QED) is 0.904. The van der Waals surface area contributed by atoms with Crippen molar-refractivity contribution in [2.75, 3.05) is 5.75 Å². The lowest BCUT2D eigenvalue weighted by Gasteiger charge is -2.14. The van der Waals surface area contributed by atoms with Crippen LogP contribution < -0.4 is 5.32 Å². The molecule has 24 heavy (non-hydrogen) atoms. The SMILES string of the molecule is Cc1ccc(S(=O)(=O)C[C@H](C)NC(=O)c2ccc(C#N)cc2)cc1. The van der Waals surface area contributed by atoms with Crippen molar-refractivity contribution in [3.63, 3.8) is 0 Å². The number of carbonyl (C=O) groups excluding carboxylic acids is 1. The number of hydrogen-bond acceptors (Lipinski definition) is 4. The molecule has 0 unspecified atom stereocenters. The highest BCUT2D eigenvalue weighted by Gasteiger charge is 2.20. The van der Waals surface area contributed by atoms with Crippen LogP contribution in [0.15, 0.2) is 53.4 Å². The highest BCUT2D eigenvalue weighted by Crippen LogP contribution is 2.13. The summed E-state index contributed by atoms with van der Waals surface area (Å²) in [5.41, 5.74) is 1.83. The molecule has 2 rings (SSSR count). The van der Waals surface area contributed by atoms with Crippen LogP contribution in [0.5, 0.6) is 0 Å². The van der Waals surface area contributed by atoms with E-state index in [-0.39, 0.29) is 16.6 Å². The highest BCUT2D eigenvalue weighted by atomic mass is 32.2. The van der Waals surface area contributed by atoms with Gasteiger partial charge in [-0.15, -0.1) is 0 Å². The molecular weight excluding hydrogens is 324 g/mol. The molecule has 0 saturated carbocycles. The number of nitrogens with one attached hydrogen (secondary N) is 1. The molecule has 0 heterocycles. The largest absolute Gasteiger partial charge is 0.349 e. The number of aryl methyl sites for hydroxylation is 1. The Kier molecular flexibility index (Phi) is 5.37. The Hall–Kier alpha value is -2.65. The molecule has 0 aliphatic rings. The summed E-state index contributed by atoms with van der Waals surface area (Å²) < 4.78 is 24.7. The average molecular weight is 342 g/mol. The maximum Gasteiger partial charge on any atom is 0.251 e. The molecule has 1 atom stereocenters. The van der Waals surface area contributed by atoms with Crippen LogP contribution in [-0.2, 0) is 9.84 Å². The van der Waals surface area contributed by atoms with Crippen LogP contribution in [0.4, 0.5) is 0 Å². The van der Waals surface area contributed by atoms with Crippen LogP contribution in [0.1, 0.15) is 28.4 Å². The Balaban J connectivity index is 2.03. The van der Waals surface area contributed by atoms with E-state index in [9.17, 15) is 13.2 Å². The van der Waals surface area contributed by atoms with Crippen molar-refractivity contribution in [1.82, 2.24) is 5.32 Å². The van der Waals surface area contributed by atoms with Crippen LogP contribution in [-0.4, -0.2) is 26.1 Å². The van der Waals surface area contributed by atoms with Gasteiger partial charge in [-0.1, -0.05) is 17.7 Å². The van der Waals surface area contributed by atoms with Crippen molar-refractivity contribution in [2.45, 2.75) is 24.8 Å². The van der Waals surface area contributed by atoms with E-state index in [1.807, 2.05) is 13.0 Å². The van der Waals surface area contributed by atoms with Crippen LogP contribution in [0.25, 0.3) is 0 Å². The number of rotatable bonds is 5. The molecule has 0 aromatic heterocycles. The Morgan fingerprint density at radius 2 is 1.71 bits per heavy atom. The van der Waals surface area contributed by atoms with Crippen molar-refractivity contribution >= 4 is 15.7 Å². The van der Waals surface area contributed by atoms with Gasteiger partial charge in [-0.05, 0) is 50.2 Å². The van der Waals surface area contributed by atoms with Gasteiger partial charge in [0.2, 0.25) is 0 Å². The van der Waals surface area contributed by atoms with Gasteiger partial charge in [0.05, 0.1) is 22.3 Å². The summed E-state index contributed by atoms with van der Waals surface area (Å²) in [5.74, 6) is -0.552. The van der Waals surface area contributed by atoms with Gasteiger partial charge in [-0.2, -0.15) is 5.26 Å². The summed E-state index contributed by atoms with van der Waals surface area (Å²) in [6.45, 7) is 3.53. The van der Waals surface area contributed by atoms with E-state index in [0.29, 0.717) is 11.1 Å². The fourth-order valence-corrected chi connectivity index (χ4v) is 3.70. The first-order valence-electron chi connectivity index (χ1n) is 7.42. The Labute approximate surface area is 141 Å². The lowest BCUT2D eigenvalue weighted by atomic mass is 10.1. The van der Waals surface area contributed by atoms with Gasteiger partial charge < -0.3 is 5.32 Å². The van der Waals surface area contributed by atoms with Crippen molar-refractivity contribution in [3.05, 3.63) is 65.2 Å². The molecule has 0 aliphatic heterocycles. The molecule has 0 aliphatic carbocycles. The zero-order valence-corrected chi connectivity index (χ0v) is 14.3. The van der Waals surface area contributed by atoms with Crippen LogP contribution >= 0.6 is 0 Å². The van der Waals surface area contributed by atoms with Crippen molar-refractivity contribution < 1.29 is 13.2 Å². The zero-order valence-electron chi connectivity index (χ0n) is 13.5. The maximum atomic E-state index is 12.4. The van der Waals surface area contributed by atoms with E-state index < -0.39 is 15.9 Å². The molecule has 1 N–H and O–H groups in total. The van der Waals surface area contributed by atoms with Crippen molar-refractivity contribution in [3.8, 4) is 6.07 Å². The molecule has 6 heteroatoms. The van der Waals surface area contributed by atoms with Gasteiger partial charge >= 0.3 is 0 Å². The topological polar surface area (TPSA) is 87.0 Å². The Bertz CT molecular complexity index is 864. The summed E-state index contributed by atoms with van der Waals surface area (Å²) in [6, 6.07) is 14.2. The number of carbonyl (C=O) groups is 1. The third kappa shape index (κ3) is 4.43. The monoisotopic (exact) mass is 342 g/mol. The van der Waals surface area contributed by atoms with E-state index in [2.05, 4.69) is 5.32 Å². The Morgan fingerprint density at radius 1 is 1.12 bits per heavy atom. The predicted octanol–water partition coefficient (Wildman–Crippen LogP) is 2.46. The summed E-state index contributed by atoms with van der Waals surface area (Å²) in [7, 11) is -3.47. The molecule has 0 saturated heterocycles. The number of sulfone groups is 1. The molecule has 0 bridgehead atoms. The minimum atomic E-state index is -3.47. The van der Waals surface area contributed by atoms with Gasteiger partial charge in [0.15, 0.2) is 9.84 Å². The van der Waals surface area contributed by atoms with E-state index in [0.717, 1.165) is 5.56 Å². The number of nitriles is 1. The first-order chi connectivity index (χ1) is 11.3. The molecule has 0 radical (unpaired) electrons. The van der Waals surface area contributed by atoms with E-state index in [4.69, 9.17) is 5.26 Å². The zero-order chi connectivity index (χ0) is 17.7. The maximum absolute atomic E-state index is 12.4. The van der Waals surface area contributed by atoms with Gasteiger partial charge in [-0.25, -0.2) is 8.42 Å². The minimum absolute atomic E-state index is 0.182. The normalized spacial score (nSPS) is 12.2. The van der Waals surface area contributed by atoms with E-state index in [1.165, 1.54) is 12.1 Å². The molecule has 1 amide bonds. The second-order valence-corrected chi connectivity index (χ2v) is 7.69. The smallest absolute Gasteiger partial charge is 0.251 e. The van der Waals surface area contributed by atoms with Crippen molar-refractivity contribution in [2.24, 2.45) is 0 Å². The molecule has 2 aromatic carbocycles. The summed E-state index contributed by atoms with van der Waals surface area (Å²) in [5, 5.41) is 11.4. The van der Waals surface area contributed by atoms with E-state index >= 15 is 0 Å². The first kappa shape index (κ1) is 17.7. The highest BCUT2D eigenvalue weighted by molar-refractivity contribution is 7.91. The van der Waals surface area contributed by atoms with Gasteiger partial charge in [-0.3, -0.25) is 4.79 Å². The van der Waals surface area contributed by atoms with Gasteiger partial charge in [0.1, 0.15) is 0 Å². The lowest BCUT2D eigenvalue weighted by molar-refractivity contribution is 0.0943. The number of nitrogens with zero attached hydrogens (tertiary/aromatic N) is 1. The third-order valence-electron chi connectivity index (χ3n) is 3.50. The second kappa shape index (κ2) is 7.28. The fraction of sp³-hybridized carbons (Fsp3) is 0.222. The molecule has 2 aromatic rings. The number of hydrogen-bond donors (Lipinski definition) is 1. The summed E-state index contributed by atoms with van der Waals surface area (Å²) in [6.07, 6.45) is 0. The van der Waals surface area contributed by atoms with Crippen LogP contribution in [0, 0.1) is 18.3 Å². The first-order valence-corrected chi connectivity index (χ1v) is 9.07. The standard InChI is InChI=1S/C18H18N2O3S/c1-13-3-9-17(10-4-13)24(22,23)12-14(2)20-18(21)16-7-5-15(11-19)6-8-16/h3-10,14H,12H2,1-2H3,(H,20,21)/t14-/m0/s1. The molecule has 5 nitrogen and oxygen atoms in total. The molecule has 0 fully saturated rings. The predicted molar refractivity (Wildman–Crippen MR) is 91.3 cm³/mol. The number of amides is 1. The minimum Gasteiger partial charge on any atom is -0.349 e. The van der Waals surface area contributed by atoms with Crippen LogP contribution in [0.3, 0.4) is 0 Å². The van der Waals surface area contributed by atoms with Crippen molar-refractivity contribution in [1.29, 1.82) is 5.26 Å². The molecule has 0 spiro atoms. The van der Waals surface area contributed by atoms with Crippen LogP contribution in [0.2, 0.25) is 0 Å². The lowest BCUT2D eigenvalue weighted by Crippen LogP contribution is -2.37.